The van der Waals surface area contributed by atoms with Crippen LogP contribution in [0.25, 0.3) is 0 Å². The summed E-state index contributed by atoms with van der Waals surface area (Å²) in [7, 11) is 4.40. The number of fused-ring (bicyclic) bond motifs is 1. The molecule has 10 nitrogen and oxygen atoms in total. The van der Waals surface area contributed by atoms with Gasteiger partial charge in [0.1, 0.15) is 5.75 Å². The Hall–Kier alpha value is -4.73. The minimum absolute atomic E-state index is 0.131. The van der Waals surface area contributed by atoms with Gasteiger partial charge in [-0.2, -0.15) is 5.10 Å². The molecular formula is C25H22N2O8. The molecule has 35 heavy (non-hydrogen) atoms. The smallest absolute Gasteiger partial charge is 0.343 e. The van der Waals surface area contributed by atoms with Crippen molar-refractivity contribution in [2.24, 2.45) is 5.10 Å². The Kier molecular flexibility index (Phi) is 7.01. The summed E-state index contributed by atoms with van der Waals surface area (Å²) in [6.45, 7) is 0.131. The zero-order chi connectivity index (χ0) is 24.8. The number of nitrogens with one attached hydrogen (secondary N) is 1. The first kappa shape index (κ1) is 23.4. The first-order valence-corrected chi connectivity index (χ1v) is 10.4. The van der Waals surface area contributed by atoms with Gasteiger partial charge in [-0.25, -0.2) is 10.2 Å². The number of rotatable bonds is 8. The van der Waals surface area contributed by atoms with Gasteiger partial charge in [-0.05, 0) is 60.2 Å². The van der Waals surface area contributed by atoms with Gasteiger partial charge in [-0.3, -0.25) is 4.79 Å². The summed E-state index contributed by atoms with van der Waals surface area (Å²) in [5.41, 5.74) is 3.76. The molecule has 4 rings (SSSR count). The van der Waals surface area contributed by atoms with Gasteiger partial charge in [0.15, 0.2) is 23.0 Å². The fourth-order valence-corrected chi connectivity index (χ4v) is 3.25. The van der Waals surface area contributed by atoms with Crippen molar-refractivity contribution < 1.29 is 38.0 Å². The summed E-state index contributed by atoms with van der Waals surface area (Å²) in [5.74, 6) is 1.50. The molecule has 1 N–H and O–H groups in total. The molecule has 0 fully saturated rings. The first-order valence-electron chi connectivity index (χ1n) is 10.4. The number of methoxy groups -OCH3 is 3. The second-order valence-electron chi connectivity index (χ2n) is 7.14. The molecule has 0 aliphatic carbocycles. The predicted octanol–water partition coefficient (Wildman–Crippen LogP) is 3.42. The van der Waals surface area contributed by atoms with Gasteiger partial charge in [0.05, 0.1) is 33.1 Å². The van der Waals surface area contributed by atoms with E-state index in [1.165, 1.54) is 39.7 Å². The lowest BCUT2D eigenvalue weighted by atomic mass is 10.2. The van der Waals surface area contributed by atoms with Gasteiger partial charge in [-0.1, -0.05) is 0 Å². The lowest BCUT2D eigenvalue weighted by molar-refractivity contribution is 0.0733. The fourth-order valence-electron chi connectivity index (χ4n) is 3.25. The van der Waals surface area contributed by atoms with E-state index in [2.05, 4.69) is 10.5 Å². The highest BCUT2D eigenvalue weighted by atomic mass is 16.7. The second kappa shape index (κ2) is 10.5. The molecule has 0 bridgehead atoms. The molecular weight excluding hydrogens is 456 g/mol. The van der Waals surface area contributed by atoms with Crippen molar-refractivity contribution in [3.05, 3.63) is 71.3 Å². The third-order valence-electron chi connectivity index (χ3n) is 5.01. The van der Waals surface area contributed by atoms with E-state index in [9.17, 15) is 9.59 Å². The average molecular weight is 478 g/mol. The van der Waals surface area contributed by atoms with Crippen LogP contribution >= 0.6 is 0 Å². The van der Waals surface area contributed by atoms with Crippen LogP contribution in [0.2, 0.25) is 0 Å². The van der Waals surface area contributed by atoms with Crippen LogP contribution < -0.4 is 33.8 Å². The van der Waals surface area contributed by atoms with E-state index in [0.717, 1.165) is 0 Å². The lowest BCUT2D eigenvalue weighted by Gasteiger charge is -2.13. The molecule has 1 heterocycles. The van der Waals surface area contributed by atoms with Crippen molar-refractivity contribution in [2.75, 3.05) is 28.1 Å². The van der Waals surface area contributed by atoms with Crippen molar-refractivity contribution in [3.8, 4) is 34.5 Å². The zero-order valence-corrected chi connectivity index (χ0v) is 19.2. The van der Waals surface area contributed by atoms with Crippen LogP contribution in [0.4, 0.5) is 0 Å². The van der Waals surface area contributed by atoms with E-state index in [0.29, 0.717) is 45.6 Å². The Balaban J connectivity index is 1.37. The number of esters is 1. The maximum absolute atomic E-state index is 12.6. The van der Waals surface area contributed by atoms with Gasteiger partial charge in [0, 0.05) is 5.56 Å². The number of carbonyl (C=O) groups excluding carboxylic acids is 2. The van der Waals surface area contributed by atoms with E-state index in [1.807, 2.05) is 0 Å². The van der Waals surface area contributed by atoms with Crippen molar-refractivity contribution >= 4 is 18.1 Å². The standard InChI is InChI=1S/C25H22N2O8/c1-30-21-11-17(12-22(31-2)23(21)32-3)25(29)35-18-7-4-15(5-8-18)13-26-27-24(28)16-6-9-19-20(10-16)34-14-33-19/h4-13H,14H2,1-3H3,(H,27,28)/b26-13-. The highest BCUT2D eigenvalue weighted by molar-refractivity contribution is 5.95. The molecule has 0 radical (unpaired) electrons. The number of hydrazone groups is 1. The minimum Gasteiger partial charge on any atom is -0.493 e. The first-order chi connectivity index (χ1) is 17.0. The number of amides is 1. The Morgan fingerprint density at radius 3 is 2.20 bits per heavy atom. The fraction of sp³-hybridized carbons (Fsp3) is 0.160. The minimum atomic E-state index is -0.596. The molecule has 1 amide bonds. The van der Waals surface area contributed by atoms with Crippen LogP contribution in [-0.4, -0.2) is 46.2 Å². The largest absolute Gasteiger partial charge is 0.493 e. The highest BCUT2D eigenvalue weighted by Gasteiger charge is 2.19. The molecule has 1 aliphatic heterocycles. The molecule has 0 atom stereocenters. The summed E-state index contributed by atoms with van der Waals surface area (Å²) in [6.07, 6.45) is 1.47. The number of carbonyl (C=O) groups is 2. The summed E-state index contributed by atoms with van der Waals surface area (Å²) in [5, 5.41) is 3.96. The highest BCUT2D eigenvalue weighted by Crippen LogP contribution is 2.38. The molecule has 0 saturated heterocycles. The van der Waals surface area contributed by atoms with Crippen molar-refractivity contribution in [2.45, 2.75) is 0 Å². The molecule has 0 aromatic heterocycles. The molecule has 180 valence electrons. The van der Waals surface area contributed by atoms with E-state index in [4.69, 9.17) is 28.4 Å². The number of hydrogen-bond donors (Lipinski definition) is 1. The Morgan fingerprint density at radius 1 is 0.857 bits per heavy atom. The Bertz CT molecular complexity index is 1250. The maximum Gasteiger partial charge on any atom is 0.343 e. The van der Waals surface area contributed by atoms with Gasteiger partial charge < -0.3 is 28.4 Å². The molecule has 1 aliphatic rings. The van der Waals surface area contributed by atoms with E-state index < -0.39 is 11.9 Å². The third-order valence-corrected chi connectivity index (χ3v) is 5.01. The molecule has 0 saturated carbocycles. The van der Waals surface area contributed by atoms with E-state index >= 15 is 0 Å². The Morgan fingerprint density at radius 2 is 1.54 bits per heavy atom. The monoisotopic (exact) mass is 478 g/mol. The Labute approximate surface area is 201 Å². The second-order valence-corrected chi connectivity index (χ2v) is 7.14. The lowest BCUT2D eigenvalue weighted by Crippen LogP contribution is -2.17. The SMILES string of the molecule is COc1cc(C(=O)Oc2ccc(/C=N\NC(=O)c3ccc4c(c3)OCO4)cc2)cc(OC)c1OC. The van der Waals surface area contributed by atoms with Gasteiger partial charge >= 0.3 is 5.97 Å². The van der Waals surface area contributed by atoms with Gasteiger partial charge in [-0.15, -0.1) is 0 Å². The van der Waals surface area contributed by atoms with Crippen LogP contribution in [0, 0.1) is 0 Å². The molecule has 0 unspecified atom stereocenters. The molecule has 0 spiro atoms. The van der Waals surface area contributed by atoms with Crippen molar-refractivity contribution in [1.29, 1.82) is 0 Å². The van der Waals surface area contributed by atoms with Crippen molar-refractivity contribution in [3.63, 3.8) is 0 Å². The number of nitrogens with zero attached hydrogens (tertiary/aromatic N) is 1. The molecule has 3 aromatic carbocycles. The summed E-state index contributed by atoms with van der Waals surface area (Å²) in [4.78, 5) is 24.9. The van der Waals surface area contributed by atoms with Gasteiger partial charge in [0.25, 0.3) is 5.91 Å². The maximum atomic E-state index is 12.6. The quantitative estimate of drug-likeness (QED) is 0.227. The number of benzene rings is 3. The number of ether oxygens (including phenoxy) is 6. The molecule has 10 heteroatoms. The normalized spacial score (nSPS) is 11.7. The molecule has 3 aromatic rings. The topological polar surface area (TPSA) is 114 Å². The van der Waals surface area contributed by atoms with E-state index in [-0.39, 0.29) is 12.4 Å². The van der Waals surface area contributed by atoms with E-state index in [1.54, 1.807) is 42.5 Å². The van der Waals surface area contributed by atoms with Crippen molar-refractivity contribution in [1.82, 2.24) is 5.43 Å². The average Bonchev–Trinajstić information content (AvgIpc) is 3.36. The van der Waals surface area contributed by atoms with Crippen LogP contribution in [-0.2, 0) is 0 Å². The predicted molar refractivity (Wildman–Crippen MR) is 125 cm³/mol. The van der Waals surface area contributed by atoms with Gasteiger partial charge in [0.2, 0.25) is 12.5 Å². The third kappa shape index (κ3) is 5.27. The number of hydrogen-bond acceptors (Lipinski definition) is 9. The summed E-state index contributed by atoms with van der Waals surface area (Å²) in [6, 6.07) is 14.5. The van der Waals surface area contributed by atoms with Crippen LogP contribution in [0.1, 0.15) is 26.3 Å². The van der Waals surface area contributed by atoms with Crippen LogP contribution in [0.15, 0.2) is 59.7 Å². The summed E-state index contributed by atoms with van der Waals surface area (Å²) >= 11 is 0. The van der Waals surface area contributed by atoms with Crippen LogP contribution in [0.5, 0.6) is 34.5 Å². The van der Waals surface area contributed by atoms with Crippen LogP contribution in [0.3, 0.4) is 0 Å². The zero-order valence-electron chi connectivity index (χ0n) is 19.2. The summed E-state index contributed by atoms with van der Waals surface area (Å²) < 4.78 is 31.7.